The van der Waals surface area contributed by atoms with Crippen LogP contribution in [0.25, 0.3) is 0 Å². The normalized spacial score (nSPS) is 12.1. The van der Waals surface area contributed by atoms with E-state index in [9.17, 15) is 4.79 Å². The molecule has 0 aliphatic carbocycles. The van der Waals surface area contributed by atoms with E-state index in [-0.39, 0.29) is 0 Å². The molecule has 15 heavy (non-hydrogen) atoms. The van der Waals surface area contributed by atoms with Gasteiger partial charge in [-0.1, -0.05) is 13.3 Å². The maximum Gasteiger partial charge on any atom is 0.344 e. The lowest BCUT2D eigenvalue weighted by atomic mass is 10.2. The Morgan fingerprint density at radius 3 is 2.53 bits per heavy atom. The Kier molecular flexibility index (Phi) is 4.49. The molecule has 0 radical (unpaired) electrons. The van der Waals surface area contributed by atoms with E-state index < -0.39 is 12.1 Å². The monoisotopic (exact) mass is 226 g/mol. The molecule has 1 aromatic carbocycles. The molecule has 0 spiro atoms. The molecule has 1 N–H and O–H groups in total. The number of benzene rings is 1. The highest BCUT2D eigenvalue weighted by molar-refractivity contribution is 7.80. The molecule has 1 atom stereocenters. The fourth-order valence-corrected chi connectivity index (χ4v) is 1.33. The van der Waals surface area contributed by atoms with Crippen molar-refractivity contribution in [3.63, 3.8) is 0 Å². The van der Waals surface area contributed by atoms with Crippen molar-refractivity contribution >= 4 is 18.6 Å². The molecule has 0 aliphatic rings. The molecule has 0 aliphatic heterocycles. The maximum absolute atomic E-state index is 10.8. The van der Waals surface area contributed by atoms with Gasteiger partial charge in [0.15, 0.2) is 6.10 Å². The van der Waals surface area contributed by atoms with Gasteiger partial charge < -0.3 is 9.84 Å². The Hall–Kier alpha value is -1.16. The van der Waals surface area contributed by atoms with Crippen LogP contribution >= 0.6 is 12.6 Å². The molecule has 0 fully saturated rings. The summed E-state index contributed by atoms with van der Waals surface area (Å²) < 4.78 is 5.34. The van der Waals surface area contributed by atoms with Crippen molar-refractivity contribution < 1.29 is 14.6 Å². The fraction of sp³-hybridized carbons (Fsp3) is 0.364. The zero-order valence-electron chi connectivity index (χ0n) is 8.51. The smallest absolute Gasteiger partial charge is 0.344 e. The van der Waals surface area contributed by atoms with Gasteiger partial charge in [0.05, 0.1) is 0 Å². The van der Waals surface area contributed by atoms with Crippen LogP contribution in [0, 0.1) is 0 Å². The van der Waals surface area contributed by atoms with Crippen molar-refractivity contribution in [2.75, 3.05) is 0 Å². The Balaban J connectivity index is 2.65. The number of rotatable bonds is 5. The summed E-state index contributed by atoms with van der Waals surface area (Å²) >= 11 is 4.13. The molecule has 82 valence electrons. The standard InChI is InChI=1S/C11H14O3S/c1-2-3-10(11(12)13)14-8-4-6-9(15)7-5-8/h4-7,10,15H,2-3H2,1H3,(H,12,13). The van der Waals surface area contributed by atoms with Gasteiger partial charge in [-0.3, -0.25) is 0 Å². The lowest BCUT2D eigenvalue weighted by molar-refractivity contribution is -0.145. The van der Waals surface area contributed by atoms with Gasteiger partial charge in [-0.15, -0.1) is 12.6 Å². The molecule has 0 saturated heterocycles. The highest BCUT2D eigenvalue weighted by atomic mass is 32.1. The minimum atomic E-state index is -0.924. The Bertz CT molecular complexity index is 321. The molecule has 4 heteroatoms. The average molecular weight is 226 g/mol. The summed E-state index contributed by atoms with van der Waals surface area (Å²) in [4.78, 5) is 11.6. The van der Waals surface area contributed by atoms with Gasteiger partial charge in [-0.2, -0.15) is 0 Å². The van der Waals surface area contributed by atoms with Crippen molar-refractivity contribution in [2.24, 2.45) is 0 Å². The van der Waals surface area contributed by atoms with E-state index in [0.717, 1.165) is 11.3 Å². The number of ether oxygens (including phenoxy) is 1. The second-order valence-corrected chi connectivity index (χ2v) is 3.74. The van der Waals surface area contributed by atoms with Gasteiger partial charge in [0.1, 0.15) is 5.75 Å². The summed E-state index contributed by atoms with van der Waals surface area (Å²) in [5.74, 6) is -0.361. The van der Waals surface area contributed by atoms with Crippen LogP contribution in [0.3, 0.4) is 0 Å². The summed E-state index contributed by atoms with van der Waals surface area (Å²) in [5.41, 5.74) is 0. The van der Waals surface area contributed by atoms with Crippen LogP contribution in [0.15, 0.2) is 29.2 Å². The molecular weight excluding hydrogens is 212 g/mol. The van der Waals surface area contributed by atoms with Gasteiger partial charge in [0.25, 0.3) is 0 Å². The molecule has 3 nitrogen and oxygen atoms in total. The molecule has 0 saturated carbocycles. The van der Waals surface area contributed by atoms with E-state index in [1.54, 1.807) is 24.3 Å². The van der Waals surface area contributed by atoms with Gasteiger partial charge in [0, 0.05) is 4.90 Å². The van der Waals surface area contributed by atoms with Crippen LogP contribution in [-0.4, -0.2) is 17.2 Å². The summed E-state index contributed by atoms with van der Waals surface area (Å²) in [6, 6.07) is 6.97. The van der Waals surface area contributed by atoms with E-state index in [0.29, 0.717) is 12.2 Å². The van der Waals surface area contributed by atoms with E-state index in [1.165, 1.54) is 0 Å². The third-order valence-corrected chi connectivity index (χ3v) is 2.24. The first-order valence-corrected chi connectivity index (χ1v) is 5.26. The first-order valence-electron chi connectivity index (χ1n) is 4.82. The molecule has 1 rings (SSSR count). The predicted molar refractivity (Wildman–Crippen MR) is 60.7 cm³/mol. The highest BCUT2D eigenvalue weighted by Gasteiger charge is 2.17. The van der Waals surface area contributed by atoms with Crippen LogP contribution in [0.5, 0.6) is 5.75 Å². The summed E-state index contributed by atoms with van der Waals surface area (Å²) in [7, 11) is 0. The molecule has 0 aromatic heterocycles. The lowest BCUT2D eigenvalue weighted by Crippen LogP contribution is -2.26. The molecule has 0 amide bonds. The zero-order valence-corrected chi connectivity index (χ0v) is 9.41. The number of carbonyl (C=O) groups is 1. The first-order chi connectivity index (χ1) is 7.13. The van der Waals surface area contributed by atoms with Crippen LogP contribution in [0.1, 0.15) is 19.8 Å². The minimum absolute atomic E-state index is 0.512. The number of thiol groups is 1. The number of carboxylic acid groups (broad SMARTS) is 1. The highest BCUT2D eigenvalue weighted by Crippen LogP contribution is 2.17. The Morgan fingerprint density at radius 2 is 2.07 bits per heavy atom. The number of carboxylic acids is 1. The Labute approximate surface area is 94.5 Å². The second-order valence-electron chi connectivity index (χ2n) is 3.23. The van der Waals surface area contributed by atoms with Crippen LogP contribution < -0.4 is 4.74 Å². The average Bonchev–Trinajstić information content (AvgIpc) is 2.20. The summed E-state index contributed by atoms with van der Waals surface area (Å²) in [5, 5.41) is 8.88. The number of hydrogen-bond acceptors (Lipinski definition) is 3. The van der Waals surface area contributed by atoms with Gasteiger partial charge in [-0.25, -0.2) is 4.79 Å². The quantitative estimate of drug-likeness (QED) is 0.759. The topological polar surface area (TPSA) is 46.5 Å². The van der Waals surface area contributed by atoms with Gasteiger partial charge >= 0.3 is 5.97 Å². The zero-order chi connectivity index (χ0) is 11.3. The minimum Gasteiger partial charge on any atom is -0.479 e. The molecular formula is C11H14O3S. The number of hydrogen-bond donors (Lipinski definition) is 2. The number of aliphatic carboxylic acids is 1. The fourth-order valence-electron chi connectivity index (χ4n) is 1.18. The molecule has 1 unspecified atom stereocenters. The van der Waals surface area contributed by atoms with Crippen LogP contribution in [-0.2, 0) is 4.79 Å². The third-order valence-electron chi connectivity index (χ3n) is 1.94. The predicted octanol–water partition coefficient (Wildman–Crippen LogP) is 2.61. The first kappa shape index (κ1) is 11.9. The van der Waals surface area contributed by atoms with E-state index in [1.807, 2.05) is 6.92 Å². The SMILES string of the molecule is CCCC(Oc1ccc(S)cc1)C(=O)O. The molecule has 1 aromatic rings. The molecule has 0 bridgehead atoms. The van der Waals surface area contributed by atoms with Crippen molar-refractivity contribution in [3.8, 4) is 5.75 Å². The van der Waals surface area contributed by atoms with Gasteiger partial charge in [-0.05, 0) is 30.7 Å². The summed E-state index contributed by atoms with van der Waals surface area (Å²) in [6.45, 7) is 1.93. The van der Waals surface area contributed by atoms with Crippen molar-refractivity contribution in [2.45, 2.75) is 30.8 Å². The van der Waals surface area contributed by atoms with Crippen molar-refractivity contribution in [1.82, 2.24) is 0 Å². The van der Waals surface area contributed by atoms with E-state index in [2.05, 4.69) is 12.6 Å². The summed E-state index contributed by atoms with van der Waals surface area (Å²) in [6.07, 6.45) is 0.528. The van der Waals surface area contributed by atoms with Gasteiger partial charge in [0.2, 0.25) is 0 Å². The van der Waals surface area contributed by atoms with Crippen molar-refractivity contribution in [3.05, 3.63) is 24.3 Å². The van der Waals surface area contributed by atoms with Crippen LogP contribution in [0.2, 0.25) is 0 Å². The third kappa shape index (κ3) is 3.83. The molecule has 0 heterocycles. The largest absolute Gasteiger partial charge is 0.479 e. The van der Waals surface area contributed by atoms with Crippen LogP contribution in [0.4, 0.5) is 0 Å². The van der Waals surface area contributed by atoms with E-state index >= 15 is 0 Å². The van der Waals surface area contributed by atoms with E-state index in [4.69, 9.17) is 9.84 Å². The Morgan fingerprint density at radius 1 is 1.47 bits per heavy atom. The lowest BCUT2D eigenvalue weighted by Gasteiger charge is -2.14. The van der Waals surface area contributed by atoms with Crippen molar-refractivity contribution in [1.29, 1.82) is 0 Å². The second kappa shape index (κ2) is 5.66. The maximum atomic E-state index is 10.8.